The summed E-state index contributed by atoms with van der Waals surface area (Å²) in [4.78, 5) is 4.71. The summed E-state index contributed by atoms with van der Waals surface area (Å²) in [5.74, 6) is 2.22. The second-order valence-corrected chi connectivity index (χ2v) is 11.8. The highest BCUT2D eigenvalue weighted by Gasteiger charge is 2.29. The van der Waals surface area contributed by atoms with E-state index in [0.717, 1.165) is 99.6 Å². The van der Waals surface area contributed by atoms with Gasteiger partial charge < -0.3 is 34.1 Å². The molecule has 0 aromatic heterocycles. The van der Waals surface area contributed by atoms with Crippen LogP contribution < -0.4 is 24.6 Å². The fourth-order valence-corrected chi connectivity index (χ4v) is 6.62. The molecule has 224 valence electrons. The van der Waals surface area contributed by atoms with Gasteiger partial charge in [0.1, 0.15) is 24.2 Å². The van der Waals surface area contributed by atoms with Crippen LogP contribution in [0.1, 0.15) is 36.3 Å². The van der Waals surface area contributed by atoms with E-state index < -0.39 is 0 Å². The van der Waals surface area contributed by atoms with Gasteiger partial charge in [0.05, 0.1) is 42.2 Å². The smallest absolute Gasteiger partial charge is 0.142 e. The third-order valence-electron chi connectivity index (χ3n) is 8.60. The summed E-state index contributed by atoms with van der Waals surface area (Å²) in [5, 5.41) is 4.33. The predicted molar refractivity (Wildman–Crippen MR) is 169 cm³/mol. The Hall–Kier alpha value is -2.97. The number of ether oxygens (including phenoxy) is 4. The first-order chi connectivity index (χ1) is 20.7. The van der Waals surface area contributed by atoms with E-state index in [1.54, 1.807) is 7.11 Å². The lowest BCUT2D eigenvalue weighted by Crippen LogP contribution is -2.41. The molecule has 1 N–H and O–H groups in total. The van der Waals surface area contributed by atoms with Crippen LogP contribution in [0.25, 0.3) is 0 Å². The summed E-state index contributed by atoms with van der Waals surface area (Å²) in [6.07, 6.45) is 3.29. The summed E-state index contributed by atoms with van der Waals surface area (Å²) >= 11 is 6.42. The van der Waals surface area contributed by atoms with Crippen molar-refractivity contribution in [2.75, 3.05) is 69.4 Å². The number of methoxy groups -OCH3 is 1. The minimum atomic E-state index is 0.106. The van der Waals surface area contributed by atoms with Crippen LogP contribution in [-0.2, 0) is 16.1 Å². The van der Waals surface area contributed by atoms with Crippen molar-refractivity contribution in [1.82, 2.24) is 5.32 Å². The van der Waals surface area contributed by atoms with E-state index in [1.165, 1.54) is 11.1 Å². The zero-order valence-corrected chi connectivity index (χ0v) is 25.2. The van der Waals surface area contributed by atoms with E-state index in [2.05, 4.69) is 63.6 Å². The number of piperidine rings is 1. The third kappa shape index (κ3) is 6.97. The monoisotopic (exact) mass is 591 g/mol. The van der Waals surface area contributed by atoms with E-state index in [9.17, 15) is 0 Å². The molecule has 3 heterocycles. The van der Waals surface area contributed by atoms with Crippen LogP contribution >= 0.6 is 11.6 Å². The second-order valence-electron chi connectivity index (χ2n) is 11.4. The Morgan fingerprint density at radius 3 is 2.74 bits per heavy atom. The predicted octanol–water partition coefficient (Wildman–Crippen LogP) is 5.90. The van der Waals surface area contributed by atoms with Crippen molar-refractivity contribution < 1.29 is 18.9 Å². The van der Waals surface area contributed by atoms with Crippen molar-refractivity contribution >= 4 is 23.0 Å². The maximum absolute atomic E-state index is 6.57. The molecule has 0 amide bonds. The zero-order chi connectivity index (χ0) is 28.7. The lowest BCUT2D eigenvalue weighted by molar-refractivity contribution is 0.0106. The van der Waals surface area contributed by atoms with Crippen molar-refractivity contribution in [3.63, 3.8) is 0 Å². The number of anilines is 2. The molecule has 0 radical (unpaired) electrons. The van der Waals surface area contributed by atoms with E-state index in [0.29, 0.717) is 12.5 Å². The van der Waals surface area contributed by atoms with Crippen LogP contribution in [0.4, 0.5) is 11.4 Å². The van der Waals surface area contributed by atoms with Crippen molar-refractivity contribution in [1.29, 1.82) is 0 Å². The molecule has 7 nitrogen and oxygen atoms in total. The first-order valence-electron chi connectivity index (χ1n) is 15.3. The fourth-order valence-electron chi connectivity index (χ4n) is 6.37. The number of nitrogens with one attached hydrogen (secondary N) is 1. The molecule has 3 aliphatic heterocycles. The molecule has 8 heteroatoms. The van der Waals surface area contributed by atoms with Gasteiger partial charge in [-0.15, -0.1) is 0 Å². The molecular weight excluding hydrogens is 550 g/mol. The van der Waals surface area contributed by atoms with Crippen molar-refractivity contribution in [3.05, 3.63) is 82.9 Å². The molecule has 0 saturated carbocycles. The summed E-state index contributed by atoms with van der Waals surface area (Å²) in [7, 11) is 1.76. The highest BCUT2D eigenvalue weighted by Crippen LogP contribution is 2.35. The molecule has 2 saturated heterocycles. The highest BCUT2D eigenvalue weighted by molar-refractivity contribution is 6.33. The number of nitrogens with zero attached hydrogens (tertiary/aromatic N) is 2. The second kappa shape index (κ2) is 14.0. The Morgan fingerprint density at radius 1 is 1.00 bits per heavy atom. The lowest BCUT2D eigenvalue weighted by atomic mass is 9.87. The van der Waals surface area contributed by atoms with Gasteiger partial charge in [-0.1, -0.05) is 41.9 Å². The molecule has 2 unspecified atom stereocenters. The van der Waals surface area contributed by atoms with Gasteiger partial charge in [-0.3, -0.25) is 0 Å². The normalized spacial score (nSPS) is 22.1. The summed E-state index contributed by atoms with van der Waals surface area (Å²) in [5.41, 5.74) is 4.72. The van der Waals surface area contributed by atoms with Gasteiger partial charge in [-0.05, 0) is 66.9 Å². The average Bonchev–Trinajstić information content (AvgIpc) is 3.49. The zero-order valence-electron chi connectivity index (χ0n) is 24.5. The number of benzene rings is 3. The van der Waals surface area contributed by atoms with Gasteiger partial charge in [-0.2, -0.15) is 0 Å². The molecule has 42 heavy (non-hydrogen) atoms. The maximum Gasteiger partial charge on any atom is 0.142 e. The Morgan fingerprint density at radius 2 is 1.88 bits per heavy atom. The topological polar surface area (TPSA) is 55.4 Å². The molecule has 0 spiro atoms. The lowest BCUT2D eigenvalue weighted by Gasteiger charge is -2.33. The molecule has 3 atom stereocenters. The van der Waals surface area contributed by atoms with Gasteiger partial charge in [0.15, 0.2) is 0 Å². The van der Waals surface area contributed by atoms with Gasteiger partial charge >= 0.3 is 0 Å². The molecule has 3 aromatic carbocycles. The van der Waals surface area contributed by atoms with Gasteiger partial charge in [0.2, 0.25) is 0 Å². The Bertz CT molecular complexity index is 1310. The number of para-hydroxylation sites is 1. The first kappa shape index (κ1) is 29.1. The number of fused-ring (bicyclic) bond motifs is 1. The van der Waals surface area contributed by atoms with Crippen molar-refractivity contribution in [3.8, 4) is 11.5 Å². The quantitative estimate of drug-likeness (QED) is 0.279. The SMILES string of the molecule is COCCCN1CCOc2ccc(COC3CNCCC3c3ccc(O[C@H]4CCN(c5ccccc5Cl)C4)cc3)cc21. The Balaban J connectivity index is 1.05. The third-order valence-corrected chi connectivity index (χ3v) is 8.92. The molecule has 3 aromatic rings. The van der Waals surface area contributed by atoms with Gasteiger partial charge in [0.25, 0.3) is 0 Å². The van der Waals surface area contributed by atoms with E-state index in [1.807, 2.05) is 18.2 Å². The van der Waals surface area contributed by atoms with Crippen molar-refractivity contribution in [2.24, 2.45) is 0 Å². The van der Waals surface area contributed by atoms with Gasteiger partial charge in [0, 0.05) is 45.7 Å². The largest absolute Gasteiger partial charge is 0.490 e. The number of halogens is 1. The van der Waals surface area contributed by atoms with Crippen LogP contribution in [0, 0.1) is 0 Å². The van der Waals surface area contributed by atoms with E-state index in [-0.39, 0.29) is 12.2 Å². The first-order valence-corrected chi connectivity index (χ1v) is 15.6. The summed E-state index contributed by atoms with van der Waals surface area (Å²) < 4.78 is 24.1. The van der Waals surface area contributed by atoms with Crippen LogP contribution in [0.5, 0.6) is 11.5 Å². The van der Waals surface area contributed by atoms with E-state index in [4.69, 9.17) is 30.5 Å². The summed E-state index contributed by atoms with van der Waals surface area (Å²) in [6, 6.07) is 23.2. The molecule has 2 fully saturated rings. The average molecular weight is 592 g/mol. The molecule has 0 bridgehead atoms. The van der Waals surface area contributed by atoms with Crippen LogP contribution in [-0.4, -0.2) is 71.8 Å². The number of hydrogen-bond acceptors (Lipinski definition) is 7. The minimum Gasteiger partial charge on any atom is -0.490 e. The van der Waals surface area contributed by atoms with Crippen LogP contribution in [0.2, 0.25) is 5.02 Å². The van der Waals surface area contributed by atoms with Crippen molar-refractivity contribution in [2.45, 2.75) is 44.0 Å². The van der Waals surface area contributed by atoms with Crippen LogP contribution in [0.3, 0.4) is 0 Å². The molecular formula is C34H42ClN3O4. The molecule has 0 aliphatic carbocycles. The maximum atomic E-state index is 6.57. The Labute approximate surface area is 254 Å². The highest BCUT2D eigenvalue weighted by atomic mass is 35.5. The molecule has 3 aliphatic rings. The molecule has 6 rings (SSSR count). The minimum absolute atomic E-state index is 0.106. The van der Waals surface area contributed by atoms with E-state index >= 15 is 0 Å². The summed E-state index contributed by atoms with van der Waals surface area (Å²) in [6.45, 7) is 7.55. The number of hydrogen-bond donors (Lipinski definition) is 1. The Kier molecular flexibility index (Phi) is 9.71. The van der Waals surface area contributed by atoms with Gasteiger partial charge in [-0.25, -0.2) is 0 Å². The standard InChI is InChI=1S/C34H42ClN3O4/c1-39-19-4-16-37-18-20-40-33-12-7-25(21-32(33)37)24-41-34-22-36-15-13-29(34)26-8-10-27(11-9-26)42-28-14-17-38(23-28)31-6-3-2-5-30(31)35/h2-3,5-12,21,28-29,34,36H,4,13-20,22-24H2,1H3/t28-,29?,34?/m0/s1. The number of rotatable bonds is 11. The fraction of sp³-hybridized carbons (Fsp3) is 0.471. The van der Waals surface area contributed by atoms with Crippen LogP contribution in [0.15, 0.2) is 66.7 Å².